The number of hydrogen-bond donors (Lipinski definition) is 2. The van der Waals surface area contributed by atoms with Gasteiger partial charge in [0.2, 0.25) is 5.91 Å². The summed E-state index contributed by atoms with van der Waals surface area (Å²) in [7, 11) is 0. The fraction of sp³-hybridized carbons (Fsp3) is 0.120. The van der Waals surface area contributed by atoms with E-state index in [4.69, 9.17) is 16.3 Å². The number of halogens is 1. The molecule has 0 aliphatic heterocycles. The lowest BCUT2D eigenvalue weighted by atomic mass is 10.1. The molecule has 2 amide bonds. The van der Waals surface area contributed by atoms with Gasteiger partial charge in [-0.15, -0.1) is 0 Å². The Morgan fingerprint density at radius 3 is 2.30 bits per heavy atom. The number of hydrazone groups is 1. The smallest absolute Gasteiger partial charge is 0.343 e. The maximum atomic E-state index is 12.4. The van der Waals surface area contributed by atoms with Gasteiger partial charge in [0.25, 0.3) is 5.91 Å². The van der Waals surface area contributed by atoms with Gasteiger partial charge in [-0.1, -0.05) is 36.2 Å². The number of hydrogen-bond acceptors (Lipinski definition) is 5. The Balaban J connectivity index is 1.67. The standard InChI is InChI=1S/C25H22ClN3O4/c1-3-23(30)28-21-11-8-17(9-12-21)24(31)29-27-15-19-14-20(26)10-13-22(19)33-25(32)18-6-4-16(2)5-7-18/h4-15H,3H2,1-2H3,(H,28,30)(H,29,31)/b27-15+. The molecule has 0 unspecified atom stereocenters. The van der Waals surface area contributed by atoms with Crippen molar-refractivity contribution in [1.29, 1.82) is 0 Å². The summed E-state index contributed by atoms with van der Waals surface area (Å²) in [5.41, 5.74) is 5.23. The fourth-order valence-electron chi connectivity index (χ4n) is 2.74. The lowest BCUT2D eigenvalue weighted by molar-refractivity contribution is -0.115. The van der Waals surface area contributed by atoms with Crippen molar-refractivity contribution in [1.82, 2.24) is 5.43 Å². The van der Waals surface area contributed by atoms with Crippen LogP contribution in [0.15, 0.2) is 71.8 Å². The number of esters is 1. The Labute approximate surface area is 196 Å². The number of benzene rings is 3. The minimum absolute atomic E-state index is 0.114. The number of rotatable bonds is 7. The van der Waals surface area contributed by atoms with E-state index in [0.29, 0.717) is 33.8 Å². The molecular formula is C25H22ClN3O4. The molecule has 0 fully saturated rings. The molecule has 168 valence electrons. The zero-order valence-electron chi connectivity index (χ0n) is 18.1. The van der Waals surface area contributed by atoms with Crippen molar-refractivity contribution in [2.24, 2.45) is 5.10 Å². The highest BCUT2D eigenvalue weighted by Crippen LogP contribution is 2.22. The zero-order chi connectivity index (χ0) is 23.8. The van der Waals surface area contributed by atoms with Gasteiger partial charge >= 0.3 is 5.97 Å². The minimum Gasteiger partial charge on any atom is -0.422 e. The Bertz CT molecular complexity index is 1190. The number of nitrogens with one attached hydrogen (secondary N) is 2. The predicted molar refractivity (Wildman–Crippen MR) is 128 cm³/mol. The maximum absolute atomic E-state index is 12.4. The van der Waals surface area contributed by atoms with E-state index in [0.717, 1.165) is 5.56 Å². The first-order valence-corrected chi connectivity index (χ1v) is 10.5. The van der Waals surface area contributed by atoms with Gasteiger partial charge < -0.3 is 10.1 Å². The van der Waals surface area contributed by atoms with E-state index in [1.54, 1.807) is 61.5 Å². The Morgan fingerprint density at radius 1 is 0.970 bits per heavy atom. The van der Waals surface area contributed by atoms with Crippen LogP contribution >= 0.6 is 11.6 Å². The van der Waals surface area contributed by atoms with E-state index in [-0.39, 0.29) is 11.7 Å². The summed E-state index contributed by atoms with van der Waals surface area (Å²) in [4.78, 5) is 36.2. The van der Waals surface area contributed by atoms with Crippen LogP contribution in [0.4, 0.5) is 5.69 Å². The van der Waals surface area contributed by atoms with Gasteiger partial charge in [0.1, 0.15) is 5.75 Å². The lowest BCUT2D eigenvalue weighted by Crippen LogP contribution is -2.18. The van der Waals surface area contributed by atoms with Crippen molar-refractivity contribution in [2.45, 2.75) is 20.3 Å². The lowest BCUT2D eigenvalue weighted by Gasteiger charge is -2.08. The van der Waals surface area contributed by atoms with Crippen LogP contribution in [0.25, 0.3) is 0 Å². The quantitative estimate of drug-likeness (QED) is 0.223. The van der Waals surface area contributed by atoms with Crippen LogP contribution in [0.5, 0.6) is 5.75 Å². The monoisotopic (exact) mass is 463 g/mol. The number of carbonyl (C=O) groups is 3. The van der Waals surface area contributed by atoms with Crippen LogP contribution < -0.4 is 15.5 Å². The summed E-state index contributed by atoms with van der Waals surface area (Å²) >= 11 is 6.07. The van der Waals surface area contributed by atoms with Gasteiger partial charge in [0.05, 0.1) is 11.8 Å². The number of ether oxygens (including phenoxy) is 1. The highest BCUT2D eigenvalue weighted by Gasteiger charge is 2.12. The first-order valence-electron chi connectivity index (χ1n) is 10.2. The van der Waals surface area contributed by atoms with Gasteiger partial charge in [-0.25, -0.2) is 10.2 Å². The summed E-state index contributed by atoms with van der Waals surface area (Å²) in [6.07, 6.45) is 1.71. The van der Waals surface area contributed by atoms with Crippen LogP contribution in [0.3, 0.4) is 0 Å². The van der Waals surface area contributed by atoms with Crippen molar-refractivity contribution < 1.29 is 19.1 Å². The average Bonchev–Trinajstić information content (AvgIpc) is 2.81. The van der Waals surface area contributed by atoms with Gasteiger partial charge in [-0.3, -0.25) is 9.59 Å². The SMILES string of the molecule is CCC(=O)Nc1ccc(C(=O)N/N=C/c2cc(Cl)ccc2OC(=O)c2ccc(C)cc2)cc1. The second-order valence-corrected chi connectivity index (χ2v) is 7.55. The Morgan fingerprint density at radius 2 is 1.64 bits per heavy atom. The largest absolute Gasteiger partial charge is 0.422 e. The Hall–Kier alpha value is -3.97. The van der Waals surface area contributed by atoms with Gasteiger partial charge in [-0.2, -0.15) is 5.10 Å². The number of anilines is 1. The van der Waals surface area contributed by atoms with Crippen LogP contribution in [0.2, 0.25) is 5.02 Å². The predicted octanol–water partition coefficient (Wildman–Crippen LogP) is 4.98. The highest BCUT2D eigenvalue weighted by atomic mass is 35.5. The van der Waals surface area contributed by atoms with E-state index >= 15 is 0 Å². The molecule has 0 radical (unpaired) electrons. The third kappa shape index (κ3) is 6.75. The van der Waals surface area contributed by atoms with Crippen molar-refractivity contribution in [3.05, 3.63) is 94.0 Å². The van der Waals surface area contributed by atoms with Crippen LogP contribution in [-0.4, -0.2) is 24.0 Å². The Kier molecular flexibility index (Phi) is 7.94. The molecule has 7 nitrogen and oxygen atoms in total. The van der Waals surface area contributed by atoms with Crippen LogP contribution in [0.1, 0.15) is 45.2 Å². The molecule has 3 rings (SSSR count). The first kappa shape index (κ1) is 23.7. The topological polar surface area (TPSA) is 96.9 Å². The van der Waals surface area contributed by atoms with Crippen LogP contribution in [-0.2, 0) is 4.79 Å². The van der Waals surface area contributed by atoms with Gasteiger partial charge in [0, 0.05) is 28.3 Å². The van der Waals surface area contributed by atoms with E-state index in [1.807, 2.05) is 19.1 Å². The molecule has 0 spiro atoms. The van der Waals surface area contributed by atoms with Gasteiger partial charge in [-0.05, 0) is 61.5 Å². The summed E-state index contributed by atoms with van der Waals surface area (Å²) in [5, 5.41) is 7.08. The molecular weight excluding hydrogens is 442 g/mol. The number of carbonyl (C=O) groups excluding carboxylic acids is 3. The van der Waals surface area contributed by atoms with Crippen molar-refractivity contribution in [2.75, 3.05) is 5.32 Å². The first-order chi connectivity index (χ1) is 15.9. The number of nitrogens with zero attached hydrogens (tertiary/aromatic N) is 1. The summed E-state index contributed by atoms with van der Waals surface area (Å²) in [6.45, 7) is 3.68. The van der Waals surface area contributed by atoms with E-state index in [2.05, 4.69) is 15.8 Å². The minimum atomic E-state index is -0.522. The zero-order valence-corrected chi connectivity index (χ0v) is 18.8. The molecule has 0 aliphatic rings. The third-order valence-electron chi connectivity index (χ3n) is 4.58. The molecule has 0 heterocycles. The molecule has 8 heteroatoms. The normalized spacial score (nSPS) is 10.6. The molecule has 0 aliphatic carbocycles. The molecule has 33 heavy (non-hydrogen) atoms. The summed E-state index contributed by atoms with van der Waals surface area (Å²) in [5.74, 6) is -0.831. The van der Waals surface area contributed by atoms with Crippen LogP contribution in [0, 0.1) is 6.92 Å². The molecule has 0 aromatic heterocycles. The molecule has 0 bridgehead atoms. The molecule has 3 aromatic carbocycles. The van der Waals surface area contributed by atoms with E-state index in [1.165, 1.54) is 6.21 Å². The third-order valence-corrected chi connectivity index (χ3v) is 4.82. The molecule has 3 aromatic rings. The van der Waals surface area contributed by atoms with Crippen molar-refractivity contribution in [3.8, 4) is 5.75 Å². The summed E-state index contributed by atoms with van der Waals surface area (Å²) in [6, 6.07) is 18.1. The number of amides is 2. The molecule has 0 saturated carbocycles. The molecule has 2 N–H and O–H groups in total. The maximum Gasteiger partial charge on any atom is 0.343 e. The second-order valence-electron chi connectivity index (χ2n) is 7.12. The highest BCUT2D eigenvalue weighted by molar-refractivity contribution is 6.31. The molecule has 0 saturated heterocycles. The van der Waals surface area contributed by atoms with E-state index in [9.17, 15) is 14.4 Å². The van der Waals surface area contributed by atoms with E-state index < -0.39 is 11.9 Å². The van der Waals surface area contributed by atoms with Crippen molar-refractivity contribution >= 4 is 41.3 Å². The average molecular weight is 464 g/mol. The molecule has 0 atom stereocenters. The summed E-state index contributed by atoms with van der Waals surface area (Å²) < 4.78 is 5.49. The van der Waals surface area contributed by atoms with Gasteiger partial charge in [0.15, 0.2) is 0 Å². The second kappa shape index (κ2) is 11.1. The number of aryl methyl sites for hydroxylation is 1. The van der Waals surface area contributed by atoms with Crippen molar-refractivity contribution in [3.63, 3.8) is 0 Å². The fourth-order valence-corrected chi connectivity index (χ4v) is 2.92.